The fourth-order valence-corrected chi connectivity index (χ4v) is 2.22. The number of amides is 1. The maximum Gasteiger partial charge on any atom is 0.407 e. The van der Waals surface area contributed by atoms with E-state index in [2.05, 4.69) is 10.1 Å². The van der Waals surface area contributed by atoms with E-state index in [1.165, 1.54) is 11.2 Å². The van der Waals surface area contributed by atoms with Gasteiger partial charge in [-0.1, -0.05) is 0 Å². The van der Waals surface area contributed by atoms with E-state index in [1.807, 2.05) is 11.6 Å². The Morgan fingerprint density at radius 3 is 2.95 bits per heavy atom. The van der Waals surface area contributed by atoms with Gasteiger partial charge >= 0.3 is 6.09 Å². The topological polar surface area (TPSA) is 80.5 Å². The van der Waals surface area contributed by atoms with E-state index >= 15 is 0 Å². The van der Waals surface area contributed by atoms with Gasteiger partial charge in [0.2, 0.25) is 0 Å². The SMILES string of the molecule is CCN(Cc1ncnn1CC1CCOCC1)C(=O)O. The summed E-state index contributed by atoms with van der Waals surface area (Å²) in [5.41, 5.74) is 0. The third-order valence-corrected chi connectivity index (χ3v) is 3.45. The minimum absolute atomic E-state index is 0.287. The fourth-order valence-electron chi connectivity index (χ4n) is 2.22. The second kappa shape index (κ2) is 6.51. The molecule has 7 heteroatoms. The van der Waals surface area contributed by atoms with E-state index in [4.69, 9.17) is 9.84 Å². The van der Waals surface area contributed by atoms with Crippen LogP contribution in [-0.2, 0) is 17.8 Å². The number of carbonyl (C=O) groups is 1. The van der Waals surface area contributed by atoms with E-state index in [-0.39, 0.29) is 6.54 Å². The summed E-state index contributed by atoms with van der Waals surface area (Å²) in [7, 11) is 0. The maximum absolute atomic E-state index is 11.0. The van der Waals surface area contributed by atoms with Crippen molar-refractivity contribution in [1.29, 1.82) is 0 Å². The zero-order valence-electron chi connectivity index (χ0n) is 11.2. The number of carboxylic acid groups (broad SMARTS) is 1. The van der Waals surface area contributed by atoms with Crippen LogP contribution in [0.5, 0.6) is 0 Å². The first-order valence-electron chi connectivity index (χ1n) is 6.63. The van der Waals surface area contributed by atoms with Crippen LogP contribution in [0.4, 0.5) is 4.79 Å². The summed E-state index contributed by atoms with van der Waals surface area (Å²) in [6.07, 6.45) is 2.61. The molecule has 7 nitrogen and oxygen atoms in total. The monoisotopic (exact) mass is 268 g/mol. The highest BCUT2D eigenvalue weighted by Crippen LogP contribution is 2.17. The Morgan fingerprint density at radius 1 is 1.58 bits per heavy atom. The van der Waals surface area contributed by atoms with Crippen molar-refractivity contribution in [3.8, 4) is 0 Å². The van der Waals surface area contributed by atoms with Gasteiger partial charge in [0.1, 0.15) is 12.2 Å². The van der Waals surface area contributed by atoms with Crippen molar-refractivity contribution in [3.05, 3.63) is 12.2 Å². The van der Waals surface area contributed by atoms with Gasteiger partial charge in [-0.3, -0.25) is 0 Å². The maximum atomic E-state index is 11.0. The number of nitrogens with zero attached hydrogens (tertiary/aromatic N) is 4. The molecule has 1 fully saturated rings. The van der Waals surface area contributed by atoms with Crippen molar-refractivity contribution >= 4 is 6.09 Å². The zero-order valence-corrected chi connectivity index (χ0v) is 11.2. The molecule has 1 aromatic rings. The van der Waals surface area contributed by atoms with Crippen LogP contribution >= 0.6 is 0 Å². The smallest absolute Gasteiger partial charge is 0.407 e. The van der Waals surface area contributed by atoms with E-state index in [0.29, 0.717) is 18.3 Å². The first kappa shape index (κ1) is 13.8. The van der Waals surface area contributed by atoms with Gasteiger partial charge in [-0.05, 0) is 25.7 Å². The predicted octanol–water partition coefficient (Wildman–Crippen LogP) is 1.20. The van der Waals surface area contributed by atoms with Gasteiger partial charge in [-0.25, -0.2) is 14.5 Å². The lowest BCUT2D eigenvalue weighted by Gasteiger charge is -2.23. The van der Waals surface area contributed by atoms with E-state index in [1.54, 1.807) is 0 Å². The lowest BCUT2D eigenvalue weighted by Crippen LogP contribution is -2.31. The third kappa shape index (κ3) is 3.66. The number of hydrogen-bond donors (Lipinski definition) is 1. The number of hydrogen-bond acceptors (Lipinski definition) is 4. The standard InChI is InChI=1S/C12H20N4O3/c1-2-15(12(17)18)8-11-13-9-14-16(11)7-10-3-5-19-6-4-10/h9-10H,2-8H2,1H3,(H,17,18). The molecular weight excluding hydrogens is 248 g/mol. The van der Waals surface area contributed by atoms with Crippen LogP contribution in [0.25, 0.3) is 0 Å². The van der Waals surface area contributed by atoms with Crippen molar-refractivity contribution in [1.82, 2.24) is 19.7 Å². The Morgan fingerprint density at radius 2 is 2.32 bits per heavy atom. The molecule has 0 unspecified atom stereocenters. The predicted molar refractivity (Wildman–Crippen MR) is 67.7 cm³/mol. The molecule has 1 saturated heterocycles. The third-order valence-electron chi connectivity index (χ3n) is 3.45. The van der Waals surface area contributed by atoms with E-state index < -0.39 is 6.09 Å². The van der Waals surface area contributed by atoms with Crippen molar-refractivity contribution in [2.75, 3.05) is 19.8 Å². The highest BCUT2D eigenvalue weighted by Gasteiger charge is 2.18. The minimum Gasteiger partial charge on any atom is -0.465 e. The number of aromatic nitrogens is 3. The molecule has 0 radical (unpaired) electrons. The second-order valence-corrected chi connectivity index (χ2v) is 4.71. The van der Waals surface area contributed by atoms with E-state index in [9.17, 15) is 4.79 Å². The van der Waals surface area contributed by atoms with Crippen LogP contribution < -0.4 is 0 Å². The molecule has 19 heavy (non-hydrogen) atoms. The molecule has 0 atom stereocenters. The van der Waals surface area contributed by atoms with Gasteiger partial charge in [-0.2, -0.15) is 5.10 Å². The van der Waals surface area contributed by atoms with Gasteiger partial charge in [0.05, 0.1) is 6.54 Å². The summed E-state index contributed by atoms with van der Waals surface area (Å²) in [6.45, 7) is 4.92. The first-order valence-corrected chi connectivity index (χ1v) is 6.63. The molecule has 2 rings (SSSR count). The summed E-state index contributed by atoms with van der Waals surface area (Å²) in [5.74, 6) is 1.24. The lowest BCUT2D eigenvalue weighted by atomic mass is 10.0. The molecule has 0 spiro atoms. The molecule has 106 valence electrons. The minimum atomic E-state index is -0.928. The van der Waals surface area contributed by atoms with Crippen molar-refractivity contribution in [3.63, 3.8) is 0 Å². The average molecular weight is 268 g/mol. The Labute approximate surface area is 112 Å². The quantitative estimate of drug-likeness (QED) is 0.868. The van der Waals surface area contributed by atoms with Gasteiger partial charge in [-0.15, -0.1) is 0 Å². The molecule has 0 aromatic carbocycles. The molecule has 1 aromatic heterocycles. The van der Waals surface area contributed by atoms with Gasteiger partial charge in [0.25, 0.3) is 0 Å². The lowest BCUT2D eigenvalue weighted by molar-refractivity contribution is 0.0595. The van der Waals surface area contributed by atoms with E-state index in [0.717, 1.165) is 32.6 Å². The zero-order chi connectivity index (χ0) is 13.7. The van der Waals surface area contributed by atoms with Crippen LogP contribution in [-0.4, -0.2) is 50.6 Å². The summed E-state index contributed by atoms with van der Waals surface area (Å²) >= 11 is 0. The molecule has 1 aliphatic rings. The van der Waals surface area contributed by atoms with Crippen LogP contribution in [0.3, 0.4) is 0 Å². The van der Waals surface area contributed by atoms with Gasteiger partial charge < -0.3 is 14.7 Å². The summed E-state index contributed by atoms with van der Waals surface area (Å²) in [5, 5.41) is 13.2. The summed E-state index contributed by atoms with van der Waals surface area (Å²) < 4.78 is 7.15. The fraction of sp³-hybridized carbons (Fsp3) is 0.750. The summed E-state index contributed by atoms with van der Waals surface area (Å²) in [4.78, 5) is 16.5. The second-order valence-electron chi connectivity index (χ2n) is 4.71. The number of ether oxygens (including phenoxy) is 1. The summed E-state index contributed by atoms with van der Waals surface area (Å²) in [6, 6.07) is 0. The normalized spacial score (nSPS) is 16.5. The Kier molecular flexibility index (Phi) is 4.73. The Bertz CT molecular complexity index is 415. The molecule has 0 saturated carbocycles. The molecule has 0 bridgehead atoms. The van der Waals surface area contributed by atoms with Crippen molar-refractivity contribution < 1.29 is 14.6 Å². The Hall–Kier alpha value is -1.63. The average Bonchev–Trinajstić information content (AvgIpc) is 2.84. The van der Waals surface area contributed by atoms with Crippen LogP contribution in [0, 0.1) is 5.92 Å². The molecular formula is C12H20N4O3. The molecule has 1 N–H and O–H groups in total. The highest BCUT2D eigenvalue weighted by molar-refractivity contribution is 5.64. The highest BCUT2D eigenvalue weighted by atomic mass is 16.5. The van der Waals surface area contributed by atoms with Crippen molar-refractivity contribution in [2.24, 2.45) is 5.92 Å². The molecule has 1 amide bonds. The van der Waals surface area contributed by atoms with Gasteiger partial charge in [0.15, 0.2) is 0 Å². The molecule has 1 aliphatic heterocycles. The molecule has 0 aliphatic carbocycles. The first-order chi connectivity index (χ1) is 9.20. The van der Waals surface area contributed by atoms with Crippen LogP contribution in [0.15, 0.2) is 6.33 Å². The molecule has 2 heterocycles. The van der Waals surface area contributed by atoms with Gasteiger partial charge in [0, 0.05) is 26.3 Å². The largest absolute Gasteiger partial charge is 0.465 e. The number of rotatable bonds is 5. The van der Waals surface area contributed by atoms with Crippen LogP contribution in [0.2, 0.25) is 0 Å². The Balaban J connectivity index is 1.98. The van der Waals surface area contributed by atoms with Crippen molar-refractivity contribution in [2.45, 2.75) is 32.9 Å². The van der Waals surface area contributed by atoms with Crippen LogP contribution in [0.1, 0.15) is 25.6 Å².